The van der Waals surface area contributed by atoms with Crippen LogP contribution >= 0.6 is 28.6 Å². The van der Waals surface area contributed by atoms with E-state index < -0.39 is 17.7 Å². The van der Waals surface area contributed by atoms with Crippen molar-refractivity contribution in [2.45, 2.75) is 17.7 Å². The fraction of sp³-hybridized carbons (Fsp3) is 0.130. The zero-order valence-electron chi connectivity index (χ0n) is 15.4. The minimum atomic E-state index is -1.48. The smallest absolute Gasteiger partial charge is 0.227 e. The lowest BCUT2D eigenvalue weighted by Crippen LogP contribution is -2.62. The molecule has 0 unspecified atom stereocenters. The molecule has 0 saturated heterocycles. The SMILES string of the molecule is N#CC1=C(S)N[C@](O)(c2ccccc2)[C@@H]([n+]2ccccc2)[C@H]1c1ccccc1Br. The van der Waals surface area contributed by atoms with Gasteiger partial charge in [0.05, 0.1) is 22.6 Å². The van der Waals surface area contributed by atoms with Gasteiger partial charge in [0.25, 0.3) is 0 Å². The van der Waals surface area contributed by atoms with Crippen molar-refractivity contribution >= 4 is 28.6 Å². The van der Waals surface area contributed by atoms with Gasteiger partial charge in [0.2, 0.25) is 11.8 Å². The van der Waals surface area contributed by atoms with Crippen LogP contribution in [0.25, 0.3) is 0 Å². The normalized spacial score (nSPS) is 23.9. The van der Waals surface area contributed by atoms with Crippen LogP contribution in [0.4, 0.5) is 0 Å². The Morgan fingerprint density at radius 2 is 1.62 bits per heavy atom. The third-order valence-corrected chi connectivity index (χ3v) is 6.33. The van der Waals surface area contributed by atoms with Gasteiger partial charge in [0.1, 0.15) is 0 Å². The number of pyridine rings is 1. The second-order valence-corrected chi connectivity index (χ2v) is 8.20. The number of halogens is 1. The molecule has 0 amide bonds. The molecule has 0 aliphatic carbocycles. The Balaban J connectivity index is 2.03. The molecule has 4 rings (SSSR count). The number of benzene rings is 2. The summed E-state index contributed by atoms with van der Waals surface area (Å²) in [6.45, 7) is 0. The predicted molar refractivity (Wildman–Crippen MR) is 118 cm³/mol. The van der Waals surface area contributed by atoms with Crippen LogP contribution in [0.1, 0.15) is 23.1 Å². The van der Waals surface area contributed by atoms with Crippen LogP contribution in [0.5, 0.6) is 0 Å². The summed E-state index contributed by atoms with van der Waals surface area (Å²) >= 11 is 8.19. The van der Waals surface area contributed by atoms with Gasteiger partial charge in [0.15, 0.2) is 12.4 Å². The van der Waals surface area contributed by atoms with E-state index in [0.717, 1.165) is 10.0 Å². The Morgan fingerprint density at radius 3 is 2.28 bits per heavy atom. The quantitative estimate of drug-likeness (QED) is 0.402. The van der Waals surface area contributed by atoms with Crippen LogP contribution in [0.2, 0.25) is 0 Å². The fourth-order valence-electron chi connectivity index (χ4n) is 3.96. The molecule has 0 spiro atoms. The Morgan fingerprint density at radius 1 is 1.00 bits per heavy atom. The second-order valence-electron chi connectivity index (χ2n) is 6.90. The van der Waals surface area contributed by atoms with Crippen molar-refractivity contribution in [1.29, 1.82) is 5.26 Å². The van der Waals surface area contributed by atoms with E-state index in [1.165, 1.54) is 0 Å². The van der Waals surface area contributed by atoms with Crippen LogP contribution in [0, 0.1) is 11.3 Å². The second kappa shape index (κ2) is 8.03. The Labute approximate surface area is 183 Å². The first kappa shape index (κ1) is 19.7. The maximum Gasteiger partial charge on any atom is 0.227 e. The van der Waals surface area contributed by atoms with Gasteiger partial charge in [-0.15, -0.1) is 12.6 Å². The van der Waals surface area contributed by atoms with Crippen LogP contribution in [0.15, 0.2) is 100 Å². The number of aromatic nitrogens is 1. The number of hydrogen-bond donors (Lipinski definition) is 3. The minimum Gasteiger partial charge on any atom is -0.362 e. The number of nitriles is 1. The van der Waals surface area contributed by atoms with E-state index in [2.05, 4.69) is 39.9 Å². The van der Waals surface area contributed by atoms with Crippen LogP contribution < -0.4 is 9.88 Å². The molecular weight excluding hydrogens is 446 g/mol. The number of thiol groups is 1. The predicted octanol–water partition coefficient (Wildman–Crippen LogP) is 4.17. The monoisotopic (exact) mass is 464 g/mol. The number of nitrogens with one attached hydrogen (secondary N) is 1. The van der Waals surface area contributed by atoms with Gasteiger partial charge in [-0.05, 0) is 11.6 Å². The molecule has 2 heterocycles. The van der Waals surface area contributed by atoms with Gasteiger partial charge >= 0.3 is 0 Å². The average molecular weight is 465 g/mol. The summed E-state index contributed by atoms with van der Waals surface area (Å²) in [7, 11) is 0. The maximum absolute atomic E-state index is 12.0. The zero-order valence-corrected chi connectivity index (χ0v) is 17.9. The molecule has 2 N–H and O–H groups in total. The number of aliphatic hydroxyl groups is 1. The highest BCUT2D eigenvalue weighted by molar-refractivity contribution is 9.10. The summed E-state index contributed by atoms with van der Waals surface area (Å²) in [6, 6.07) is 24.7. The van der Waals surface area contributed by atoms with Crippen molar-refractivity contribution in [3.8, 4) is 6.07 Å². The molecule has 4 nitrogen and oxygen atoms in total. The van der Waals surface area contributed by atoms with Crippen molar-refractivity contribution in [2.24, 2.45) is 0 Å². The summed E-state index contributed by atoms with van der Waals surface area (Å²) in [5.41, 5.74) is 0.599. The summed E-state index contributed by atoms with van der Waals surface area (Å²) in [6.07, 6.45) is 3.81. The molecule has 144 valence electrons. The van der Waals surface area contributed by atoms with Gasteiger partial charge in [0, 0.05) is 22.2 Å². The topological polar surface area (TPSA) is 59.9 Å². The van der Waals surface area contributed by atoms with Crippen molar-refractivity contribution in [3.63, 3.8) is 0 Å². The Kier molecular flexibility index (Phi) is 5.46. The molecule has 1 aromatic heterocycles. The summed E-state index contributed by atoms with van der Waals surface area (Å²) in [5.74, 6) is -0.429. The van der Waals surface area contributed by atoms with E-state index in [1.807, 2.05) is 89.8 Å². The fourth-order valence-corrected chi connectivity index (χ4v) is 4.85. The molecule has 0 bridgehead atoms. The number of rotatable bonds is 3. The van der Waals surface area contributed by atoms with Crippen molar-refractivity contribution in [2.75, 3.05) is 0 Å². The third kappa shape index (κ3) is 3.46. The first-order valence-electron chi connectivity index (χ1n) is 9.16. The Hall–Kier alpha value is -2.59. The van der Waals surface area contributed by atoms with Gasteiger partial charge in [-0.1, -0.05) is 70.5 Å². The first-order chi connectivity index (χ1) is 14.1. The third-order valence-electron chi connectivity index (χ3n) is 5.25. The zero-order chi connectivity index (χ0) is 20.4. The molecule has 6 heteroatoms. The summed E-state index contributed by atoms with van der Waals surface area (Å²) in [5, 5.41) is 25.5. The number of allylic oxidation sites excluding steroid dienone is 1. The first-order valence-corrected chi connectivity index (χ1v) is 10.4. The molecule has 3 aromatic rings. The number of nitrogens with zero attached hydrogens (tertiary/aromatic N) is 2. The van der Waals surface area contributed by atoms with Crippen LogP contribution in [-0.2, 0) is 5.72 Å². The maximum atomic E-state index is 12.0. The van der Waals surface area contributed by atoms with E-state index >= 15 is 0 Å². The molecule has 29 heavy (non-hydrogen) atoms. The minimum absolute atomic E-state index is 0.368. The number of hydrogen-bond acceptors (Lipinski definition) is 4. The lowest BCUT2D eigenvalue weighted by atomic mass is 9.75. The molecule has 1 aliphatic heterocycles. The molecule has 0 saturated carbocycles. The highest BCUT2D eigenvalue weighted by Crippen LogP contribution is 2.48. The summed E-state index contributed by atoms with van der Waals surface area (Å²) in [4.78, 5) is 0. The van der Waals surface area contributed by atoms with Crippen LogP contribution in [-0.4, -0.2) is 5.11 Å². The molecule has 3 atom stereocenters. The molecule has 1 aliphatic rings. The van der Waals surface area contributed by atoms with Gasteiger partial charge in [-0.2, -0.15) is 9.83 Å². The summed E-state index contributed by atoms with van der Waals surface area (Å²) < 4.78 is 2.82. The lowest BCUT2D eigenvalue weighted by Gasteiger charge is -2.42. The van der Waals surface area contributed by atoms with E-state index in [1.54, 1.807) is 0 Å². The van der Waals surface area contributed by atoms with Crippen molar-refractivity contribution in [1.82, 2.24) is 5.32 Å². The van der Waals surface area contributed by atoms with Crippen LogP contribution in [0.3, 0.4) is 0 Å². The highest BCUT2D eigenvalue weighted by atomic mass is 79.9. The van der Waals surface area contributed by atoms with Gasteiger partial charge in [-0.25, -0.2) is 0 Å². The van der Waals surface area contributed by atoms with Crippen molar-refractivity contribution < 1.29 is 9.67 Å². The lowest BCUT2D eigenvalue weighted by molar-refractivity contribution is -0.743. The van der Waals surface area contributed by atoms with E-state index in [4.69, 9.17) is 0 Å². The van der Waals surface area contributed by atoms with Gasteiger partial charge in [-0.3, -0.25) is 0 Å². The molecule has 2 aromatic carbocycles. The highest BCUT2D eigenvalue weighted by Gasteiger charge is 2.55. The van der Waals surface area contributed by atoms with E-state index in [0.29, 0.717) is 16.2 Å². The van der Waals surface area contributed by atoms with Gasteiger partial charge < -0.3 is 10.4 Å². The average Bonchev–Trinajstić information content (AvgIpc) is 2.75. The molecular formula is C23H19BrN3OS+. The molecule has 0 radical (unpaired) electrons. The molecule has 0 fully saturated rings. The van der Waals surface area contributed by atoms with Crippen molar-refractivity contribution in [3.05, 3.63) is 111 Å². The Bertz CT molecular complexity index is 1100. The largest absolute Gasteiger partial charge is 0.362 e. The van der Waals surface area contributed by atoms with E-state index in [9.17, 15) is 10.4 Å². The standard InChI is InChI=1S/C23H18BrN3OS/c24-19-12-6-5-11-17(19)20-18(15-25)22(29)26-23(28,16-9-3-1-4-10-16)21(20)27-13-7-2-8-14-27/h1-14,20-21,26,28H/p+1/t20-,21-,23-/m0/s1. The van der Waals surface area contributed by atoms with E-state index in [-0.39, 0.29) is 0 Å².